The normalized spacial score (nSPS) is 11.0. The van der Waals surface area contributed by atoms with E-state index in [2.05, 4.69) is 26.0 Å². The molecule has 0 aliphatic carbocycles. The van der Waals surface area contributed by atoms with Crippen molar-refractivity contribution in [2.45, 2.75) is 78.4 Å². The molecule has 0 bridgehead atoms. The van der Waals surface area contributed by atoms with E-state index in [1.807, 2.05) is 72.8 Å². The van der Waals surface area contributed by atoms with Crippen molar-refractivity contribution in [2.24, 2.45) is 0 Å². The van der Waals surface area contributed by atoms with Crippen molar-refractivity contribution in [1.82, 2.24) is 18.3 Å². The number of carbonyl (C=O) groups is 3. The van der Waals surface area contributed by atoms with Crippen molar-refractivity contribution in [2.75, 3.05) is 0 Å². The number of hydrogen-bond acceptors (Lipinski definition) is 5. The number of aromatic nitrogens is 4. The number of aryl methyl sites for hydroxylation is 1. The number of carboxylic acid groups (broad SMARTS) is 2. The smallest absolute Gasteiger partial charge is 0.337 e. The standard InChI is InChI=1S/C29H29ClN2O3.C28H25ClN2O4/c1-2-3-13-26-27(30)31(19-18-21-9-5-4-6-10-21)29(35)32(26)20-22-14-16-23(17-15-22)24-11-7-8-12-25(24)28(33)34;1-2-3-13-24-25(29)31(26(32)21-9-5-4-6-10-21)28(35)30(24)18-19-14-16-20(17-15-19)22-11-7-8-12-23(22)27(33)34/h4-12,14-17H,2-3,13,18-20H2,1H3,(H,33,34);4-12,14-17H,2-3,13,18H2,1H3,(H,33,34). The highest BCUT2D eigenvalue weighted by atomic mass is 35.5. The first-order valence-electron chi connectivity index (χ1n) is 23.4. The summed E-state index contributed by atoms with van der Waals surface area (Å²) in [4.78, 5) is 63.0. The summed E-state index contributed by atoms with van der Waals surface area (Å²) in [6.07, 6.45) is 5.75. The highest BCUT2D eigenvalue weighted by molar-refractivity contribution is 6.31. The molecule has 8 rings (SSSR count). The van der Waals surface area contributed by atoms with E-state index < -0.39 is 23.5 Å². The Kier molecular flexibility index (Phi) is 17.1. The van der Waals surface area contributed by atoms with Crippen LogP contribution in [-0.4, -0.2) is 46.3 Å². The Hall–Kier alpha value is -7.47. The number of unbranched alkanes of at least 4 members (excludes halogenated alkanes) is 2. The van der Waals surface area contributed by atoms with Crippen molar-refractivity contribution in [3.63, 3.8) is 0 Å². The highest BCUT2D eigenvalue weighted by Crippen LogP contribution is 2.28. The molecule has 0 saturated carbocycles. The molecule has 0 unspecified atom stereocenters. The lowest BCUT2D eigenvalue weighted by Crippen LogP contribution is -2.30. The number of rotatable bonds is 18. The van der Waals surface area contributed by atoms with Gasteiger partial charge in [0.1, 0.15) is 10.3 Å². The number of carbonyl (C=O) groups excluding carboxylic acids is 1. The third kappa shape index (κ3) is 11.7. The SMILES string of the molecule is CCCCc1c(Cl)n(C(=O)c2ccccc2)c(=O)n1Cc1ccc(-c2ccccc2C(=O)O)cc1.CCCCc1c(Cl)n(CCc2ccccc2)c(=O)n1Cc1ccc(-c2ccccc2C(=O)O)cc1. The molecule has 70 heavy (non-hydrogen) atoms. The molecule has 6 aromatic carbocycles. The first-order chi connectivity index (χ1) is 33.9. The Morgan fingerprint density at radius 1 is 0.471 bits per heavy atom. The lowest BCUT2D eigenvalue weighted by atomic mass is 9.99. The molecule has 0 aliphatic heterocycles. The average Bonchev–Trinajstić information content (AvgIpc) is 3.75. The van der Waals surface area contributed by atoms with Crippen LogP contribution in [0.3, 0.4) is 0 Å². The summed E-state index contributed by atoms with van der Waals surface area (Å²) >= 11 is 13.3. The Bertz CT molecular complexity index is 3210. The lowest BCUT2D eigenvalue weighted by Gasteiger charge is -2.10. The summed E-state index contributed by atoms with van der Waals surface area (Å²) in [7, 11) is 0. The first-order valence-corrected chi connectivity index (χ1v) is 24.1. The third-order valence-corrected chi connectivity index (χ3v) is 13.0. The van der Waals surface area contributed by atoms with Gasteiger partial charge >= 0.3 is 23.3 Å². The molecule has 2 heterocycles. The zero-order valence-corrected chi connectivity index (χ0v) is 40.6. The molecule has 0 atom stereocenters. The Labute approximate surface area is 416 Å². The van der Waals surface area contributed by atoms with Gasteiger partial charge in [0.15, 0.2) is 0 Å². The second kappa shape index (κ2) is 23.7. The molecule has 358 valence electrons. The van der Waals surface area contributed by atoms with Crippen molar-refractivity contribution in [1.29, 1.82) is 0 Å². The van der Waals surface area contributed by atoms with Crippen LogP contribution in [0.5, 0.6) is 0 Å². The maximum atomic E-state index is 13.4. The van der Waals surface area contributed by atoms with Gasteiger partial charge in [-0.15, -0.1) is 0 Å². The van der Waals surface area contributed by atoms with E-state index in [1.165, 1.54) is 0 Å². The fraction of sp³-hybridized carbons (Fsp3) is 0.211. The minimum Gasteiger partial charge on any atom is -0.478 e. The summed E-state index contributed by atoms with van der Waals surface area (Å²) in [6, 6.07) is 47.5. The molecule has 11 nitrogen and oxygen atoms in total. The monoisotopic (exact) mass is 976 g/mol. The molecular formula is C57H54Cl2N4O7. The quantitative estimate of drug-likeness (QED) is 0.0870. The van der Waals surface area contributed by atoms with Gasteiger partial charge in [-0.1, -0.05) is 183 Å². The fourth-order valence-electron chi connectivity index (χ4n) is 8.42. The highest BCUT2D eigenvalue weighted by Gasteiger charge is 2.24. The molecular weight excluding hydrogens is 924 g/mol. The van der Waals surface area contributed by atoms with Gasteiger partial charge < -0.3 is 10.2 Å². The van der Waals surface area contributed by atoms with Gasteiger partial charge in [-0.25, -0.2) is 23.7 Å². The van der Waals surface area contributed by atoms with Crippen molar-refractivity contribution in [3.8, 4) is 22.3 Å². The summed E-state index contributed by atoms with van der Waals surface area (Å²) in [6.45, 7) is 5.36. The number of aromatic carboxylic acids is 2. The number of imidazole rings is 2. The minimum absolute atomic E-state index is 0.0997. The van der Waals surface area contributed by atoms with E-state index in [0.29, 0.717) is 47.0 Å². The van der Waals surface area contributed by atoms with Crippen molar-refractivity contribution >= 4 is 41.0 Å². The topological polar surface area (TPSA) is 146 Å². The van der Waals surface area contributed by atoms with Gasteiger partial charge in [0.05, 0.1) is 35.6 Å². The van der Waals surface area contributed by atoms with E-state index in [1.54, 1.807) is 86.5 Å². The van der Waals surface area contributed by atoms with Crippen LogP contribution in [0.4, 0.5) is 0 Å². The van der Waals surface area contributed by atoms with Crippen LogP contribution >= 0.6 is 23.2 Å². The molecule has 0 aliphatic rings. The number of halogens is 2. The molecule has 0 spiro atoms. The van der Waals surface area contributed by atoms with Crippen LogP contribution in [0.2, 0.25) is 10.3 Å². The predicted molar refractivity (Wildman–Crippen MR) is 277 cm³/mol. The van der Waals surface area contributed by atoms with Gasteiger partial charge in [-0.2, -0.15) is 0 Å². The van der Waals surface area contributed by atoms with Crippen LogP contribution in [0.15, 0.2) is 167 Å². The summed E-state index contributed by atoms with van der Waals surface area (Å²) in [5.74, 6) is -2.41. The summed E-state index contributed by atoms with van der Waals surface area (Å²) < 4.78 is 6.05. The van der Waals surface area contributed by atoms with Crippen LogP contribution < -0.4 is 11.4 Å². The zero-order chi connectivity index (χ0) is 49.7. The second-order valence-corrected chi connectivity index (χ2v) is 17.6. The Balaban J connectivity index is 0.000000206. The summed E-state index contributed by atoms with van der Waals surface area (Å²) in [5.41, 5.74) is 7.62. The van der Waals surface area contributed by atoms with E-state index in [9.17, 15) is 34.2 Å². The third-order valence-electron chi connectivity index (χ3n) is 12.2. The predicted octanol–water partition coefficient (Wildman–Crippen LogP) is 12.0. The van der Waals surface area contributed by atoms with Gasteiger partial charge in [0.2, 0.25) is 0 Å². The van der Waals surface area contributed by atoms with E-state index >= 15 is 0 Å². The second-order valence-electron chi connectivity index (χ2n) is 16.9. The first kappa shape index (κ1) is 50.4. The average molecular weight is 978 g/mol. The van der Waals surface area contributed by atoms with Crippen LogP contribution in [0, 0.1) is 0 Å². The van der Waals surface area contributed by atoms with Gasteiger partial charge in [-0.3, -0.25) is 18.5 Å². The largest absolute Gasteiger partial charge is 0.478 e. The van der Waals surface area contributed by atoms with Crippen LogP contribution in [0.1, 0.15) is 98.7 Å². The number of benzene rings is 6. The van der Waals surface area contributed by atoms with Crippen molar-refractivity contribution in [3.05, 3.63) is 234 Å². The molecule has 13 heteroatoms. The maximum absolute atomic E-state index is 13.4. The molecule has 0 saturated heterocycles. The van der Waals surface area contributed by atoms with Crippen molar-refractivity contribution < 1.29 is 24.6 Å². The molecule has 0 amide bonds. The lowest BCUT2D eigenvalue weighted by molar-refractivity contribution is 0.0687. The Morgan fingerprint density at radius 3 is 1.37 bits per heavy atom. The number of carboxylic acids is 2. The van der Waals surface area contributed by atoms with E-state index in [0.717, 1.165) is 76.6 Å². The molecule has 0 radical (unpaired) electrons. The van der Waals surface area contributed by atoms with Crippen LogP contribution in [0.25, 0.3) is 22.3 Å². The number of hydrogen-bond donors (Lipinski definition) is 2. The molecule has 2 N–H and O–H groups in total. The minimum atomic E-state index is -0.990. The molecule has 0 fully saturated rings. The summed E-state index contributed by atoms with van der Waals surface area (Å²) in [5, 5.41) is 19.6. The molecule has 2 aromatic heterocycles. The van der Waals surface area contributed by atoms with Crippen LogP contribution in [-0.2, 0) is 38.9 Å². The van der Waals surface area contributed by atoms with E-state index in [-0.39, 0.29) is 28.5 Å². The fourth-order valence-corrected chi connectivity index (χ4v) is 9.12. The van der Waals surface area contributed by atoms with Gasteiger partial charge in [0.25, 0.3) is 5.91 Å². The van der Waals surface area contributed by atoms with E-state index in [4.69, 9.17) is 23.2 Å². The molecule has 8 aromatic rings. The zero-order valence-electron chi connectivity index (χ0n) is 39.1. The van der Waals surface area contributed by atoms with Gasteiger partial charge in [-0.05, 0) is 95.3 Å². The maximum Gasteiger partial charge on any atom is 0.337 e. The Morgan fingerprint density at radius 2 is 0.900 bits per heavy atom. The van der Waals surface area contributed by atoms with Gasteiger partial charge in [0, 0.05) is 12.1 Å². The number of nitrogens with zero attached hydrogens (tertiary/aromatic N) is 4.